The van der Waals surface area contributed by atoms with Crippen LogP contribution in [0.25, 0.3) is 0 Å². The van der Waals surface area contributed by atoms with E-state index in [9.17, 15) is 0 Å². The summed E-state index contributed by atoms with van der Waals surface area (Å²) < 4.78 is 5.01. The number of rotatable bonds is 4. The van der Waals surface area contributed by atoms with Crippen molar-refractivity contribution in [3.8, 4) is 0 Å². The summed E-state index contributed by atoms with van der Waals surface area (Å²) in [6.07, 6.45) is 0. The highest BCUT2D eigenvalue weighted by molar-refractivity contribution is 5.29. The van der Waals surface area contributed by atoms with Crippen LogP contribution >= 0.6 is 0 Å². The number of nitrogens with one attached hydrogen (secondary N) is 1. The molecule has 0 atom stereocenters. The molecule has 0 aliphatic heterocycles. The van der Waals surface area contributed by atoms with E-state index < -0.39 is 0 Å². The zero-order chi connectivity index (χ0) is 12.3. The van der Waals surface area contributed by atoms with Crippen molar-refractivity contribution >= 4 is 0 Å². The number of aromatic nitrogens is 1. The molecule has 0 spiro atoms. The normalized spacial score (nSPS) is 10.8. The van der Waals surface area contributed by atoms with Crippen LogP contribution in [0.3, 0.4) is 0 Å². The van der Waals surface area contributed by atoms with Crippen molar-refractivity contribution in [3.63, 3.8) is 0 Å². The van der Waals surface area contributed by atoms with Gasteiger partial charge in [0, 0.05) is 19.2 Å². The summed E-state index contributed by atoms with van der Waals surface area (Å²) in [7, 11) is 0. The second-order valence-corrected chi connectivity index (χ2v) is 4.45. The highest BCUT2D eigenvalue weighted by atomic mass is 16.5. The molecule has 1 heterocycles. The molecule has 2 aromatic rings. The van der Waals surface area contributed by atoms with E-state index in [-0.39, 0.29) is 0 Å². The maximum Gasteiger partial charge on any atom is 0.133 e. The number of hydrogen-bond donors (Lipinski definition) is 1. The summed E-state index contributed by atoms with van der Waals surface area (Å²) >= 11 is 0. The Morgan fingerprint density at radius 3 is 2.53 bits per heavy atom. The first-order valence-corrected chi connectivity index (χ1v) is 5.84. The van der Waals surface area contributed by atoms with Gasteiger partial charge in [0.2, 0.25) is 0 Å². The molecule has 17 heavy (non-hydrogen) atoms. The van der Waals surface area contributed by atoms with Gasteiger partial charge in [0.05, 0.1) is 5.69 Å². The molecular weight excluding hydrogens is 212 g/mol. The Labute approximate surface area is 102 Å². The first-order chi connectivity index (χ1) is 8.15. The van der Waals surface area contributed by atoms with E-state index in [0.717, 1.165) is 24.5 Å². The predicted octanol–water partition coefficient (Wildman–Crippen LogP) is 2.89. The van der Waals surface area contributed by atoms with Crippen molar-refractivity contribution in [2.45, 2.75) is 33.9 Å². The van der Waals surface area contributed by atoms with Crippen molar-refractivity contribution in [2.24, 2.45) is 0 Å². The third-order valence-corrected chi connectivity index (χ3v) is 2.88. The molecule has 1 aromatic carbocycles. The van der Waals surface area contributed by atoms with Crippen LogP contribution in [0.15, 0.2) is 28.8 Å². The number of aryl methyl sites for hydroxylation is 3. The molecule has 0 saturated heterocycles. The van der Waals surface area contributed by atoms with Crippen LogP contribution in [0.4, 0.5) is 0 Å². The smallest absolute Gasteiger partial charge is 0.133 e. The van der Waals surface area contributed by atoms with Gasteiger partial charge in [-0.25, -0.2) is 0 Å². The van der Waals surface area contributed by atoms with Gasteiger partial charge in [-0.3, -0.25) is 0 Å². The van der Waals surface area contributed by atoms with Gasteiger partial charge in [0.15, 0.2) is 0 Å². The first kappa shape index (κ1) is 11.9. The summed E-state index contributed by atoms with van der Waals surface area (Å²) in [6.45, 7) is 7.77. The fourth-order valence-corrected chi connectivity index (χ4v) is 1.75. The zero-order valence-electron chi connectivity index (χ0n) is 10.6. The van der Waals surface area contributed by atoms with Gasteiger partial charge in [-0.1, -0.05) is 23.4 Å². The average molecular weight is 230 g/mol. The fourth-order valence-electron chi connectivity index (χ4n) is 1.75. The molecule has 0 bridgehead atoms. The number of nitrogens with zero attached hydrogens (tertiary/aromatic N) is 1. The molecule has 0 fully saturated rings. The lowest BCUT2D eigenvalue weighted by Gasteiger charge is -2.05. The van der Waals surface area contributed by atoms with E-state index in [2.05, 4.69) is 42.5 Å². The minimum absolute atomic E-state index is 0.740. The van der Waals surface area contributed by atoms with Crippen molar-refractivity contribution in [2.75, 3.05) is 0 Å². The van der Waals surface area contributed by atoms with E-state index >= 15 is 0 Å². The second kappa shape index (κ2) is 5.15. The van der Waals surface area contributed by atoms with Gasteiger partial charge in [-0.05, 0) is 37.5 Å². The van der Waals surface area contributed by atoms with Crippen LogP contribution in [0.1, 0.15) is 28.1 Å². The Hall–Kier alpha value is -1.61. The standard InChI is InChI=1S/C14H18N2O/c1-10-4-5-13(6-11(10)2)8-15-9-14-7-12(3)17-16-14/h4-7,15H,8-9H2,1-3H3. The molecule has 2 rings (SSSR count). The molecule has 1 aromatic heterocycles. The first-order valence-electron chi connectivity index (χ1n) is 5.84. The summed E-state index contributed by atoms with van der Waals surface area (Å²) in [5, 5.41) is 7.30. The fraction of sp³-hybridized carbons (Fsp3) is 0.357. The van der Waals surface area contributed by atoms with E-state index in [1.807, 2.05) is 13.0 Å². The van der Waals surface area contributed by atoms with E-state index in [4.69, 9.17) is 4.52 Å². The molecule has 90 valence electrons. The largest absolute Gasteiger partial charge is 0.361 e. The lowest BCUT2D eigenvalue weighted by molar-refractivity contribution is 0.388. The van der Waals surface area contributed by atoms with E-state index in [1.165, 1.54) is 16.7 Å². The van der Waals surface area contributed by atoms with Gasteiger partial charge in [0.1, 0.15) is 5.76 Å². The van der Waals surface area contributed by atoms with Crippen LogP contribution in [-0.4, -0.2) is 5.16 Å². The summed E-state index contributed by atoms with van der Waals surface area (Å²) in [5.74, 6) is 0.855. The van der Waals surface area contributed by atoms with Crippen molar-refractivity contribution in [1.29, 1.82) is 0 Å². The maximum atomic E-state index is 5.01. The topological polar surface area (TPSA) is 38.1 Å². The van der Waals surface area contributed by atoms with Gasteiger partial charge in [0.25, 0.3) is 0 Å². The molecule has 0 unspecified atom stereocenters. The van der Waals surface area contributed by atoms with Crippen molar-refractivity contribution in [1.82, 2.24) is 10.5 Å². The second-order valence-electron chi connectivity index (χ2n) is 4.45. The average Bonchev–Trinajstić information content (AvgIpc) is 2.70. The van der Waals surface area contributed by atoms with Gasteiger partial charge < -0.3 is 9.84 Å². The molecule has 3 heteroatoms. The molecule has 0 aliphatic carbocycles. The SMILES string of the molecule is Cc1cc(CNCc2ccc(C)c(C)c2)no1. The minimum atomic E-state index is 0.740. The minimum Gasteiger partial charge on any atom is -0.361 e. The third kappa shape index (κ3) is 3.17. The quantitative estimate of drug-likeness (QED) is 0.877. The molecule has 1 N–H and O–H groups in total. The van der Waals surface area contributed by atoms with Crippen LogP contribution in [0.2, 0.25) is 0 Å². The molecule has 3 nitrogen and oxygen atoms in total. The number of hydrogen-bond acceptors (Lipinski definition) is 3. The van der Waals surface area contributed by atoms with Gasteiger partial charge in [-0.15, -0.1) is 0 Å². The Morgan fingerprint density at radius 1 is 1.06 bits per heavy atom. The highest BCUT2D eigenvalue weighted by Crippen LogP contribution is 2.09. The molecule has 0 radical (unpaired) electrons. The lowest BCUT2D eigenvalue weighted by Crippen LogP contribution is -2.13. The Bertz CT molecular complexity index is 503. The van der Waals surface area contributed by atoms with E-state index in [0.29, 0.717) is 0 Å². The van der Waals surface area contributed by atoms with Crippen LogP contribution in [-0.2, 0) is 13.1 Å². The Morgan fingerprint density at radius 2 is 1.88 bits per heavy atom. The molecule has 0 aliphatic rings. The maximum absolute atomic E-state index is 5.01. The van der Waals surface area contributed by atoms with Crippen LogP contribution in [0, 0.1) is 20.8 Å². The van der Waals surface area contributed by atoms with Crippen molar-refractivity contribution < 1.29 is 4.52 Å². The van der Waals surface area contributed by atoms with Gasteiger partial charge in [-0.2, -0.15) is 0 Å². The van der Waals surface area contributed by atoms with Crippen LogP contribution < -0.4 is 5.32 Å². The number of benzene rings is 1. The zero-order valence-corrected chi connectivity index (χ0v) is 10.6. The molecule has 0 amide bonds. The molecule has 0 saturated carbocycles. The molecular formula is C14H18N2O. The summed E-state index contributed by atoms with van der Waals surface area (Å²) in [5.41, 5.74) is 4.92. The van der Waals surface area contributed by atoms with Crippen molar-refractivity contribution in [3.05, 3.63) is 52.4 Å². The van der Waals surface area contributed by atoms with Crippen LogP contribution in [0.5, 0.6) is 0 Å². The van der Waals surface area contributed by atoms with E-state index in [1.54, 1.807) is 0 Å². The third-order valence-electron chi connectivity index (χ3n) is 2.88. The Balaban J connectivity index is 1.87. The predicted molar refractivity (Wildman–Crippen MR) is 67.7 cm³/mol. The Kier molecular flexibility index (Phi) is 3.59. The van der Waals surface area contributed by atoms with Gasteiger partial charge >= 0.3 is 0 Å². The lowest BCUT2D eigenvalue weighted by atomic mass is 10.1. The summed E-state index contributed by atoms with van der Waals surface area (Å²) in [4.78, 5) is 0. The summed E-state index contributed by atoms with van der Waals surface area (Å²) in [6, 6.07) is 8.49. The monoisotopic (exact) mass is 230 g/mol. The highest BCUT2D eigenvalue weighted by Gasteiger charge is 2.00.